The number of rotatable bonds is 5. The fourth-order valence-corrected chi connectivity index (χ4v) is 1.27. The lowest BCUT2D eigenvalue weighted by Gasteiger charge is -2.13. The van der Waals surface area contributed by atoms with Gasteiger partial charge in [-0.3, -0.25) is 0 Å². The molecule has 0 aliphatic carbocycles. The van der Waals surface area contributed by atoms with Crippen molar-refractivity contribution in [1.29, 1.82) is 0 Å². The zero-order chi connectivity index (χ0) is 12.8. The molecular formula is C11H16N2O4. The number of nitrogen functional groups attached to an aromatic ring is 1. The third-order valence-electron chi connectivity index (χ3n) is 2.04. The molecular weight excluding hydrogens is 224 g/mol. The van der Waals surface area contributed by atoms with Crippen LogP contribution in [0, 0.1) is 0 Å². The predicted octanol–water partition coefficient (Wildman–Crippen LogP) is 0.864. The molecule has 0 aliphatic heterocycles. The Balaban J connectivity index is 2.85. The summed E-state index contributed by atoms with van der Waals surface area (Å²) in [5.41, 5.74) is 6.10. The Labute approximate surface area is 99.7 Å². The van der Waals surface area contributed by atoms with Gasteiger partial charge in [-0.05, 0) is 6.92 Å². The minimum atomic E-state index is -0.519. The van der Waals surface area contributed by atoms with E-state index in [1.807, 2.05) is 6.92 Å². The summed E-state index contributed by atoms with van der Waals surface area (Å²) in [4.78, 5) is 15.4. The van der Waals surface area contributed by atoms with Gasteiger partial charge >= 0.3 is 5.97 Å². The standard InChI is InChI=1S/C11H16N2O4/c1-7(6-15-2)17-10-4-8(11(14)16-3)9(12)5-13-10/h4-5,7H,6,12H2,1-3H3. The minimum Gasteiger partial charge on any atom is -0.472 e. The second-order valence-corrected chi connectivity index (χ2v) is 3.49. The summed E-state index contributed by atoms with van der Waals surface area (Å²) in [6.07, 6.45) is 1.20. The van der Waals surface area contributed by atoms with Crippen LogP contribution in [0.3, 0.4) is 0 Å². The number of hydrogen-bond acceptors (Lipinski definition) is 6. The topological polar surface area (TPSA) is 83.7 Å². The van der Waals surface area contributed by atoms with E-state index in [1.54, 1.807) is 7.11 Å². The second kappa shape index (κ2) is 6.05. The zero-order valence-corrected chi connectivity index (χ0v) is 10.1. The molecule has 0 aliphatic rings. The molecule has 0 amide bonds. The quantitative estimate of drug-likeness (QED) is 0.768. The predicted molar refractivity (Wildman–Crippen MR) is 62.0 cm³/mol. The molecule has 1 aromatic rings. The maximum Gasteiger partial charge on any atom is 0.340 e. The summed E-state index contributed by atoms with van der Waals surface area (Å²) in [6, 6.07) is 1.45. The van der Waals surface area contributed by atoms with Crippen molar-refractivity contribution in [3.63, 3.8) is 0 Å². The van der Waals surface area contributed by atoms with Gasteiger partial charge < -0.3 is 19.9 Å². The first-order chi connectivity index (χ1) is 8.08. The van der Waals surface area contributed by atoms with Crippen LogP contribution in [0.4, 0.5) is 5.69 Å². The average Bonchev–Trinajstić information content (AvgIpc) is 2.31. The Kier molecular flexibility index (Phi) is 4.71. The van der Waals surface area contributed by atoms with E-state index in [0.29, 0.717) is 12.5 Å². The molecule has 1 unspecified atom stereocenters. The highest BCUT2D eigenvalue weighted by atomic mass is 16.5. The van der Waals surface area contributed by atoms with Crippen molar-refractivity contribution in [2.45, 2.75) is 13.0 Å². The SMILES string of the molecule is COCC(C)Oc1cc(C(=O)OC)c(N)cn1. The maximum absolute atomic E-state index is 11.4. The van der Waals surface area contributed by atoms with Crippen LogP contribution in [0.1, 0.15) is 17.3 Å². The number of methoxy groups -OCH3 is 2. The molecule has 17 heavy (non-hydrogen) atoms. The van der Waals surface area contributed by atoms with Crippen LogP contribution in [0.2, 0.25) is 0 Å². The first-order valence-electron chi connectivity index (χ1n) is 5.08. The van der Waals surface area contributed by atoms with E-state index < -0.39 is 5.97 Å². The Morgan fingerprint density at radius 1 is 1.53 bits per heavy atom. The smallest absolute Gasteiger partial charge is 0.340 e. The highest BCUT2D eigenvalue weighted by Crippen LogP contribution is 2.18. The number of carbonyl (C=O) groups is 1. The number of aromatic nitrogens is 1. The molecule has 6 heteroatoms. The van der Waals surface area contributed by atoms with Gasteiger partial charge in [-0.25, -0.2) is 9.78 Å². The van der Waals surface area contributed by atoms with Crippen LogP contribution in [-0.4, -0.2) is 37.9 Å². The number of nitrogens with zero attached hydrogens (tertiary/aromatic N) is 1. The number of ether oxygens (including phenoxy) is 3. The summed E-state index contributed by atoms with van der Waals surface area (Å²) in [5, 5.41) is 0. The van der Waals surface area contributed by atoms with Gasteiger partial charge in [0.2, 0.25) is 5.88 Å². The third-order valence-corrected chi connectivity index (χ3v) is 2.04. The van der Waals surface area contributed by atoms with Crippen LogP contribution in [-0.2, 0) is 9.47 Å². The molecule has 0 aromatic carbocycles. The van der Waals surface area contributed by atoms with Gasteiger partial charge in [0.05, 0.1) is 31.2 Å². The van der Waals surface area contributed by atoms with Crippen molar-refractivity contribution in [3.05, 3.63) is 17.8 Å². The number of hydrogen-bond donors (Lipinski definition) is 1. The summed E-state index contributed by atoms with van der Waals surface area (Å²) in [6.45, 7) is 2.26. The number of anilines is 1. The van der Waals surface area contributed by atoms with E-state index in [9.17, 15) is 4.79 Å². The monoisotopic (exact) mass is 240 g/mol. The number of esters is 1. The molecule has 94 valence electrons. The van der Waals surface area contributed by atoms with Gasteiger partial charge in [-0.15, -0.1) is 0 Å². The van der Waals surface area contributed by atoms with Gasteiger partial charge in [-0.2, -0.15) is 0 Å². The minimum absolute atomic E-state index is 0.165. The van der Waals surface area contributed by atoms with E-state index in [4.69, 9.17) is 15.2 Å². The Morgan fingerprint density at radius 2 is 2.24 bits per heavy atom. The molecule has 1 heterocycles. The van der Waals surface area contributed by atoms with Gasteiger partial charge in [-0.1, -0.05) is 0 Å². The van der Waals surface area contributed by atoms with Crippen molar-refractivity contribution in [2.75, 3.05) is 26.6 Å². The fraction of sp³-hybridized carbons (Fsp3) is 0.455. The Morgan fingerprint density at radius 3 is 2.82 bits per heavy atom. The van der Waals surface area contributed by atoms with Crippen LogP contribution in [0.25, 0.3) is 0 Å². The first kappa shape index (κ1) is 13.2. The molecule has 0 saturated carbocycles. The molecule has 0 fully saturated rings. The second-order valence-electron chi connectivity index (χ2n) is 3.49. The van der Waals surface area contributed by atoms with Crippen LogP contribution in [0.15, 0.2) is 12.3 Å². The van der Waals surface area contributed by atoms with E-state index in [0.717, 1.165) is 0 Å². The van der Waals surface area contributed by atoms with Crippen LogP contribution < -0.4 is 10.5 Å². The van der Waals surface area contributed by atoms with E-state index in [-0.39, 0.29) is 17.4 Å². The molecule has 0 radical (unpaired) electrons. The maximum atomic E-state index is 11.4. The molecule has 0 bridgehead atoms. The number of pyridine rings is 1. The first-order valence-corrected chi connectivity index (χ1v) is 5.08. The van der Waals surface area contributed by atoms with E-state index >= 15 is 0 Å². The van der Waals surface area contributed by atoms with Crippen molar-refractivity contribution in [1.82, 2.24) is 4.98 Å². The van der Waals surface area contributed by atoms with Gasteiger partial charge in [0.1, 0.15) is 6.10 Å². The fourth-order valence-electron chi connectivity index (χ4n) is 1.27. The highest BCUT2D eigenvalue weighted by molar-refractivity contribution is 5.95. The molecule has 1 rings (SSSR count). The average molecular weight is 240 g/mol. The highest BCUT2D eigenvalue weighted by Gasteiger charge is 2.13. The summed E-state index contributed by atoms with van der Waals surface area (Å²) < 4.78 is 15.0. The summed E-state index contributed by atoms with van der Waals surface area (Å²) in [7, 11) is 2.87. The molecule has 0 spiro atoms. The van der Waals surface area contributed by atoms with Crippen LogP contribution >= 0.6 is 0 Å². The van der Waals surface area contributed by atoms with Gasteiger partial charge in [0, 0.05) is 13.2 Å². The normalized spacial score (nSPS) is 11.9. The Bertz CT molecular complexity index is 395. The summed E-state index contributed by atoms with van der Waals surface area (Å²) in [5.74, 6) is -0.210. The van der Waals surface area contributed by atoms with Gasteiger partial charge in [0.25, 0.3) is 0 Å². The van der Waals surface area contributed by atoms with Crippen molar-refractivity contribution in [3.8, 4) is 5.88 Å². The molecule has 2 N–H and O–H groups in total. The van der Waals surface area contributed by atoms with E-state index in [2.05, 4.69) is 9.72 Å². The lowest BCUT2D eigenvalue weighted by Crippen LogP contribution is -2.19. The molecule has 1 atom stereocenters. The lowest BCUT2D eigenvalue weighted by atomic mass is 10.2. The lowest BCUT2D eigenvalue weighted by molar-refractivity contribution is 0.0599. The third kappa shape index (κ3) is 3.60. The van der Waals surface area contributed by atoms with Crippen molar-refractivity contribution in [2.24, 2.45) is 0 Å². The molecule has 0 saturated heterocycles. The van der Waals surface area contributed by atoms with Crippen molar-refractivity contribution >= 4 is 11.7 Å². The molecule has 1 aromatic heterocycles. The van der Waals surface area contributed by atoms with Crippen molar-refractivity contribution < 1.29 is 19.0 Å². The Hall–Kier alpha value is -1.82. The van der Waals surface area contributed by atoms with E-state index in [1.165, 1.54) is 19.4 Å². The summed E-state index contributed by atoms with van der Waals surface area (Å²) >= 11 is 0. The van der Waals surface area contributed by atoms with Gasteiger partial charge in [0.15, 0.2) is 0 Å². The number of carbonyl (C=O) groups excluding carboxylic acids is 1. The van der Waals surface area contributed by atoms with Crippen LogP contribution in [0.5, 0.6) is 5.88 Å². The number of nitrogens with two attached hydrogens (primary N) is 1. The zero-order valence-electron chi connectivity index (χ0n) is 10.1. The largest absolute Gasteiger partial charge is 0.472 e. The molecule has 6 nitrogen and oxygen atoms in total.